The highest BCUT2D eigenvalue weighted by Gasteiger charge is 2.33. The first-order chi connectivity index (χ1) is 9.24. The van der Waals surface area contributed by atoms with Gasteiger partial charge in [-0.3, -0.25) is 4.79 Å². The van der Waals surface area contributed by atoms with Gasteiger partial charge in [0.2, 0.25) is 0 Å². The van der Waals surface area contributed by atoms with Crippen molar-refractivity contribution in [2.45, 2.75) is 32.1 Å². The van der Waals surface area contributed by atoms with Crippen LogP contribution in [0.4, 0.5) is 0 Å². The summed E-state index contributed by atoms with van der Waals surface area (Å²) in [5.74, 6) is 1.67. The first-order valence-electron chi connectivity index (χ1n) is 7.15. The minimum Gasteiger partial charge on any atom is -0.338 e. The van der Waals surface area contributed by atoms with Crippen LogP contribution in [0.25, 0.3) is 0 Å². The van der Waals surface area contributed by atoms with Gasteiger partial charge in [-0.2, -0.15) is 0 Å². The minimum atomic E-state index is 0.105. The van der Waals surface area contributed by atoms with Crippen LogP contribution in [0.3, 0.4) is 0 Å². The number of aromatic nitrogens is 1. The number of likely N-dealkylation sites (tertiary alicyclic amines) is 1. The fourth-order valence-electron chi connectivity index (χ4n) is 3.47. The van der Waals surface area contributed by atoms with Crippen LogP contribution in [0.15, 0.2) is 18.3 Å². The number of hydrogen-bond donors (Lipinski definition) is 0. The molecule has 2 aliphatic rings. The molecule has 2 fully saturated rings. The highest BCUT2D eigenvalue weighted by molar-refractivity contribution is 6.29. The lowest BCUT2D eigenvalue weighted by atomic mass is 9.75. The fourth-order valence-corrected chi connectivity index (χ4v) is 3.58. The van der Waals surface area contributed by atoms with Gasteiger partial charge in [0.05, 0.1) is 5.56 Å². The summed E-state index contributed by atoms with van der Waals surface area (Å²) in [5.41, 5.74) is 0.652. The number of carbonyl (C=O) groups excluding carboxylic acids is 1. The van der Waals surface area contributed by atoms with Crippen LogP contribution in [-0.4, -0.2) is 28.9 Å². The zero-order valence-corrected chi connectivity index (χ0v) is 11.8. The molecular weight excluding hydrogens is 260 g/mol. The van der Waals surface area contributed by atoms with Crippen LogP contribution in [0.1, 0.15) is 42.5 Å². The third-order valence-electron chi connectivity index (χ3n) is 4.55. The minimum absolute atomic E-state index is 0.105. The van der Waals surface area contributed by atoms with E-state index in [0.29, 0.717) is 16.6 Å². The molecular formula is C15H19ClN2O. The van der Waals surface area contributed by atoms with Crippen molar-refractivity contribution in [1.29, 1.82) is 0 Å². The van der Waals surface area contributed by atoms with Gasteiger partial charge in [-0.15, -0.1) is 0 Å². The van der Waals surface area contributed by atoms with Crippen molar-refractivity contribution in [3.05, 3.63) is 29.0 Å². The summed E-state index contributed by atoms with van der Waals surface area (Å²) in [6.07, 6.45) is 8.08. The van der Waals surface area contributed by atoms with Crippen molar-refractivity contribution in [1.82, 2.24) is 9.88 Å². The number of carbonyl (C=O) groups is 1. The van der Waals surface area contributed by atoms with Gasteiger partial charge in [-0.25, -0.2) is 4.98 Å². The maximum Gasteiger partial charge on any atom is 0.255 e. The largest absolute Gasteiger partial charge is 0.338 e. The third-order valence-corrected chi connectivity index (χ3v) is 4.78. The van der Waals surface area contributed by atoms with Gasteiger partial charge in [0, 0.05) is 19.3 Å². The smallest absolute Gasteiger partial charge is 0.255 e. The van der Waals surface area contributed by atoms with Crippen molar-refractivity contribution in [3.8, 4) is 0 Å². The lowest BCUT2D eigenvalue weighted by Gasteiger charge is -2.41. The molecule has 0 radical (unpaired) electrons. The van der Waals surface area contributed by atoms with Gasteiger partial charge in [-0.05, 0) is 36.8 Å². The van der Waals surface area contributed by atoms with Gasteiger partial charge in [-0.1, -0.05) is 30.9 Å². The maximum atomic E-state index is 12.4. The van der Waals surface area contributed by atoms with Crippen LogP contribution in [0, 0.1) is 11.8 Å². The van der Waals surface area contributed by atoms with Crippen LogP contribution in [0.5, 0.6) is 0 Å². The van der Waals surface area contributed by atoms with Crippen molar-refractivity contribution in [3.63, 3.8) is 0 Å². The summed E-state index contributed by atoms with van der Waals surface area (Å²) >= 11 is 5.76. The molecule has 2 unspecified atom stereocenters. The van der Waals surface area contributed by atoms with Gasteiger partial charge < -0.3 is 4.90 Å². The van der Waals surface area contributed by atoms with E-state index in [4.69, 9.17) is 11.6 Å². The number of hydrogen-bond acceptors (Lipinski definition) is 2. The zero-order valence-electron chi connectivity index (χ0n) is 11.0. The third kappa shape index (κ3) is 2.76. The number of piperidine rings is 1. The molecule has 2 atom stereocenters. The van der Waals surface area contributed by atoms with E-state index >= 15 is 0 Å². The number of halogens is 1. The Labute approximate surface area is 119 Å². The van der Waals surface area contributed by atoms with E-state index in [1.807, 2.05) is 4.90 Å². The second-order valence-electron chi connectivity index (χ2n) is 5.71. The molecule has 1 saturated carbocycles. The first-order valence-corrected chi connectivity index (χ1v) is 7.52. The number of amides is 1. The Balaban J connectivity index is 1.69. The second kappa shape index (κ2) is 5.49. The molecule has 0 bridgehead atoms. The summed E-state index contributed by atoms with van der Waals surface area (Å²) in [6.45, 7) is 1.81. The van der Waals surface area contributed by atoms with Crippen molar-refractivity contribution in [2.24, 2.45) is 11.8 Å². The molecule has 0 N–H and O–H groups in total. The summed E-state index contributed by atoms with van der Waals surface area (Å²) in [6, 6.07) is 3.45. The standard InChI is InChI=1S/C15H19ClN2O/c16-14-6-5-12(9-17-14)15(19)18-8-7-11-3-1-2-4-13(11)10-18/h5-6,9,11,13H,1-4,7-8,10H2. The molecule has 1 aromatic heterocycles. The van der Waals surface area contributed by atoms with Crippen molar-refractivity contribution >= 4 is 17.5 Å². The molecule has 3 nitrogen and oxygen atoms in total. The molecule has 2 heterocycles. The first kappa shape index (κ1) is 12.9. The number of fused-ring (bicyclic) bond motifs is 1. The van der Waals surface area contributed by atoms with E-state index in [9.17, 15) is 4.79 Å². The summed E-state index contributed by atoms with van der Waals surface area (Å²) in [7, 11) is 0. The van der Waals surface area contributed by atoms with Crippen LogP contribution >= 0.6 is 11.6 Å². The van der Waals surface area contributed by atoms with E-state index in [1.54, 1.807) is 18.3 Å². The monoisotopic (exact) mass is 278 g/mol. The second-order valence-corrected chi connectivity index (χ2v) is 6.10. The highest BCUT2D eigenvalue weighted by atomic mass is 35.5. The lowest BCUT2D eigenvalue weighted by molar-refractivity contribution is 0.0520. The van der Waals surface area contributed by atoms with E-state index in [1.165, 1.54) is 25.7 Å². The van der Waals surface area contributed by atoms with E-state index in [0.717, 1.165) is 25.4 Å². The van der Waals surface area contributed by atoms with Crippen molar-refractivity contribution in [2.75, 3.05) is 13.1 Å². The van der Waals surface area contributed by atoms with Crippen LogP contribution in [0.2, 0.25) is 5.15 Å². The Bertz CT molecular complexity index is 460. The molecule has 102 valence electrons. The Hall–Kier alpha value is -1.09. The lowest BCUT2D eigenvalue weighted by Crippen LogP contribution is -2.44. The van der Waals surface area contributed by atoms with Gasteiger partial charge in [0.1, 0.15) is 5.15 Å². The molecule has 1 aliphatic carbocycles. The molecule has 1 aromatic rings. The van der Waals surface area contributed by atoms with Crippen molar-refractivity contribution < 1.29 is 4.79 Å². The van der Waals surface area contributed by atoms with Crippen LogP contribution < -0.4 is 0 Å². The molecule has 1 amide bonds. The molecule has 19 heavy (non-hydrogen) atoms. The quantitative estimate of drug-likeness (QED) is 0.738. The zero-order chi connectivity index (χ0) is 13.2. The predicted octanol–water partition coefficient (Wildman–Crippen LogP) is 3.39. The van der Waals surface area contributed by atoms with E-state index in [2.05, 4.69) is 4.98 Å². The highest BCUT2D eigenvalue weighted by Crippen LogP contribution is 2.36. The van der Waals surface area contributed by atoms with Gasteiger partial charge in [0.15, 0.2) is 0 Å². The topological polar surface area (TPSA) is 33.2 Å². The fraction of sp³-hybridized carbons (Fsp3) is 0.600. The van der Waals surface area contributed by atoms with Gasteiger partial charge >= 0.3 is 0 Å². The number of nitrogens with zero attached hydrogens (tertiary/aromatic N) is 2. The Kier molecular flexibility index (Phi) is 3.74. The molecule has 1 aliphatic heterocycles. The average Bonchev–Trinajstić information content (AvgIpc) is 2.47. The van der Waals surface area contributed by atoms with Gasteiger partial charge in [0.25, 0.3) is 5.91 Å². The SMILES string of the molecule is O=C(c1ccc(Cl)nc1)N1CCC2CCCCC2C1. The summed E-state index contributed by atoms with van der Waals surface area (Å²) in [4.78, 5) is 18.4. The Morgan fingerprint density at radius 1 is 1.21 bits per heavy atom. The number of pyridine rings is 1. The van der Waals surface area contributed by atoms with E-state index in [-0.39, 0.29) is 5.91 Å². The summed E-state index contributed by atoms with van der Waals surface area (Å²) in [5, 5.41) is 0.433. The number of rotatable bonds is 1. The molecule has 4 heteroatoms. The summed E-state index contributed by atoms with van der Waals surface area (Å²) < 4.78 is 0. The predicted molar refractivity (Wildman–Crippen MR) is 75.2 cm³/mol. The normalized spacial score (nSPS) is 26.9. The maximum absolute atomic E-state index is 12.4. The Morgan fingerprint density at radius 3 is 2.74 bits per heavy atom. The molecule has 3 rings (SSSR count). The average molecular weight is 279 g/mol. The molecule has 0 aromatic carbocycles. The van der Waals surface area contributed by atoms with E-state index < -0.39 is 0 Å². The Morgan fingerprint density at radius 2 is 2.00 bits per heavy atom. The molecule has 0 spiro atoms. The van der Waals surface area contributed by atoms with Crippen LogP contribution in [-0.2, 0) is 0 Å². The molecule has 1 saturated heterocycles.